The molecule has 0 aliphatic rings. The monoisotopic (exact) mass is 386 g/mol. The third kappa shape index (κ3) is 10.6. The molecule has 0 aromatic heterocycles. The Kier molecular flexibility index (Phi) is 11.5. The number of benzene rings is 1. The van der Waals surface area contributed by atoms with E-state index in [4.69, 9.17) is 9.47 Å². The van der Waals surface area contributed by atoms with Crippen LogP contribution >= 0.6 is 0 Å². The van der Waals surface area contributed by atoms with Crippen LogP contribution in [0.5, 0.6) is 11.5 Å². The highest BCUT2D eigenvalue weighted by atomic mass is 16.5. The summed E-state index contributed by atoms with van der Waals surface area (Å²) in [5, 5.41) is 9.88. The van der Waals surface area contributed by atoms with Gasteiger partial charge in [-0.25, -0.2) is 4.79 Å². The zero-order chi connectivity index (χ0) is 20.8. The van der Waals surface area contributed by atoms with Gasteiger partial charge in [0.05, 0.1) is 6.61 Å². The molecule has 1 aromatic carbocycles. The fourth-order valence-electron chi connectivity index (χ4n) is 2.45. The quantitative estimate of drug-likeness (QED) is 0.201. The van der Waals surface area contributed by atoms with Crippen molar-refractivity contribution >= 4 is 12.0 Å². The molecule has 4 heteroatoms. The first-order valence-electron chi connectivity index (χ1n) is 10.0. The van der Waals surface area contributed by atoms with Gasteiger partial charge in [-0.05, 0) is 69.9 Å². The van der Waals surface area contributed by atoms with Crippen molar-refractivity contribution in [3.05, 3.63) is 53.1 Å². The molecule has 0 radical (unpaired) electrons. The van der Waals surface area contributed by atoms with E-state index in [1.807, 2.05) is 13.0 Å². The maximum absolute atomic E-state index is 11.9. The molecule has 0 amide bonds. The van der Waals surface area contributed by atoms with Gasteiger partial charge in [0.1, 0.15) is 6.61 Å². The highest BCUT2D eigenvalue weighted by molar-refractivity contribution is 5.87. The highest BCUT2D eigenvalue weighted by Gasteiger charge is 2.03. The van der Waals surface area contributed by atoms with Crippen LogP contribution in [0.15, 0.2) is 47.6 Å². The molecule has 154 valence electrons. The van der Waals surface area contributed by atoms with Crippen LogP contribution in [0.1, 0.15) is 65.4 Å². The molecular weight excluding hydrogens is 352 g/mol. The summed E-state index contributed by atoms with van der Waals surface area (Å²) in [6.45, 7) is 9.18. The Morgan fingerprint density at radius 2 is 1.93 bits per heavy atom. The van der Waals surface area contributed by atoms with E-state index in [1.165, 1.54) is 17.2 Å². The number of phenols is 1. The summed E-state index contributed by atoms with van der Waals surface area (Å²) in [4.78, 5) is 11.9. The number of esters is 1. The van der Waals surface area contributed by atoms with Crippen molar-refractivity contribution in [2.75, 3.05) is 13.2 Å². The first-order chi connectivity index (χ1) is 13.4. The second-order valence-electron chi connectivity index (χ2n) is 7.12. The molecule has 0 heterocycles. The highest BCUT2D eigenvalue weighted by Crippen LogP contribution is 2.27. The molecule has 0 saturated heterocycles. The summed E-state index contributed by atoms with van der Waals surface area (Å²) in [6, 6.07) is 5.02. The van der Waals surface area contributed by atoms with Gasteiger partial charge >= 0.3 is 5.97 Å². The minimum Gasteiger partial charge on any atom is -0.504 e. The number of aromatic hydroxyl groups is 1. The molecule has 28 heavy (non-hydrogen) atoms. The SMILES string of the molecule is CCCCCOc1cc(C=CC(=O)OCC=C(C)CCC=C(C)C)ccc1O. The van der Waals surface area contributed by atoms with Crippen LogP contribution < -0.4 is 4.74 Å². The van der Waals surface area contributed by atoms with Crippen molar-refractivity contribution in [1.82, 2.24) is 0 Å². The Balaban J connectivity index is 2.47. The summed E-state index contributed by atoms with van der Waals surface area (Å²) < 4.78 is 10.8. The molecular formula is C24H34O4. The molecule has 0 bridgehead atoms. The first kappa shape index (κ1) is 23.5. The molecule has 0 atom stereocenters. The van der Waals surface area contributed by atoms with Gasteiger partial charge in [0.15, 0.2) is 11.5 Å². The maximum Gasteiger partial charge on any atom is 0.331 e. The van der Waals surface area contributed by atoms with Crippen LogP contribution in [0.2, 0.25) is 0 Å². The van der Waals surface area contributed by atoms with Crippen LogP contribution in [0.3, 0.4) is 0 Å². The van der Waals surface area contributed by atoms with Crippen molar-refractivity contribution in [1.29, 1.82) is 0 Å². The minimum atomic E-state index is -0.396. The molecule has 0 aliphatic heterocycles. The Labute approximate surface area is 169 Å². The fraction of sp³-hybridized carbons (Fsp3) is 0.458. The number of phenolic OH excluding ortho intramolecular Hbond substituents is 1. The van der Waals surface area contributed by atoms with Gasteiger partial charge in [0, 0.05) is 6.08 Å². The molecule has 1 rings (SSSR count). The third-order valence-electron chi connectivity index (χ3n) is 4.15. The summed E-state index contributed by atoms with van der Waals surface area (Å²) >= 11 is 0. The van der Waals surface area contributed by atoms with E-state index in [2.05, 4.69) is 26.8 Å². The summed E-state index contributed by atoms with van der Waals surface area (Å²) in [5.41, 5.74) is 3.29. The maximum atomic E-state index is 11.9. The predicted octanol–water partition coefficient (Wildman–Crippen LogP) is 6.21. The second kappa shape index (κ2) is 13.6. The van der Waals surface area contributed by atoms with Crippen molar-refractivity contribution in [3.8, 4) is 11.5 Å². The Hall–Kier alpha value is -2.49. The van der Waals surface area contributed by atoms with Gasteiger partial charge in [-0.1, -0.05) is 43.1 Å². The molecule has 0 unspecified atom stereocenters. The van der Waals surface area contributed by atoms with Crippen molar-refractivity contribution in [3.63, 3.8) is 0 Å². The number of allylic oxidation sites excluding steroid dienone is 3. The smallest absolute Gasteiger partial charge is 0.331 e. The Morgan fingerprint density at radius 3 is 2.64 bits per heavy atom. The lowest BCUT2D eigenvalue weighted by Gasteiger charge is -2.08. The Morgan fingerprint density at radius 1 is 1.14 bits per heavy atom. The molecule has 0 aliphatic carbocycles. The van der Waals surface area contributed by atoms with Crippen molar-refractivity contribution in [2.45, 2.75) is 59.8 Å². The van der Waals surface area contributed by atoms with Crippen LogP contribution in [-0.4, -0.2) is 24.3 Å². The molecule has 0 fully saturated rings. The van der Waals surface area contributed by atoms with Crippen molar-refractivity contribution < 1.29 is 19.4 Å². The van der Waals surface area contributed by atoms with Crippen molar-refractivity contribution in [2.24, 2.45) is 0 Å². The number of ether oxygens (including phenoxy) is 2. The number of carbonyl (C=O) groups is 1. The summed E-state index contributed by atoms with van der Waals surface area (Å²) in [6.07, 6.45) is 12.3. The second-order valence-corrected chi connectivity index (χ2v) is 7.12. The van der Waals surface area contributed by atoms with Gasteiger partial charge in [0.2, 0.25) is 0 Å². The Bertz CT molecular complexity index is 695. The van der Waals surface area contributed by atoms with Gasteiger partial charge < -0.3 is 14.6 Å². The topological polar surface area (TPSA) is 55.8 Å². The van der Waals surface area contributed by atoms with Crippen LogP contribution in [0.4, 0.5) is 0 Å². The lowest BCUT2D eigenvalue weighted by atomic mass is 10.1. The molecule has 0 saturated carbocycles. The predicted molar refractivity (Wildman–Crippen MR) is 116 cm³/mol. The largest absolute Gasteiger partial charge is 0.504 e. The fourth-order valence-corrected chi connectivity index (χ4v) is 2.45. The summed E-state index contributed by atoms with van der Waals surface area (Å²) in [5.74, 6) is 0.137. The third-order valence-corrected chi connectivity index (χ3v) is 4.15. The van der Waals surface area contributed by atoms with E-state index in [0.29, 0.717) is 12.4 Å². The first-order valence-corrected chi connectivity index (χ1v) is 10.0. The van der Waals surface area contributed by atoms with Gasteiger partial charge in [-0.3, -0.25) is 0 Å². The summed E-state index contributed by atoms with van der Waals surface area (Å²) in [7, 11) is 0. The number of rotatable bonds is 12. The standard InChI is InChI=1S/C24H34O4/c1-5-6-7-16-27-23-18-21(11-13-22(23)25)12-14-24(26)28-17-15-20(4)10-8-9-19(2)3/h9,11-15,18,25H,5-8,10,16-17H2,1-4H3. The molecule has 1 aromatic rings. The zero-order valence-corrected chi connectivity index (χ0v) is 17.7. The van der Waals surface area contributed by atoms with E-state index in [1.54, 1.807) is 24.3 Å². The van der Waals surface area contributed by atoms with Crippen LogP contribution in [0.25, 0.3) is 6.08 Å². The van der Waals surface area contributed by atoms with Gasteiger partial charge in [0.25, 0.3) is 0 Å². The number of hydrogen-bond donors (Lipinski definition) is 1. The van der Waals surface area contributed by atoms with E-state index in [-0.39, 0.29) is 12.4 Å². The van der Waals surface area contributed by atoms with E-state index in [0.717, 1.165) is 37.7 Å². The zero-order valence-electron chi connectivity index (χ0n) is 17.7. The molecule has 0 spiro atoms. The lowest BCUT2D eigenvalue weighted by molar-refractivity contribution is -0.136. The number of hydrogen-bond acceptors (Lipinski definition) is 4. The van der Waals surface area contributed by atoms with Crippen LogP contribution in [-0.2, 0) is 9.53 Å². The van der Waals surface area contributed by atoms with Crippen LogP contribution in [0, 0.1) is 0 Å². The molecule has 1 N–H and O–H groups in total. The molecule has 4 nitrogen and oxygen atoms in total. The van der Waals surface area contributed by atoms with E-state index in [9.17, 15) is 9.90 Å². The normalized spacial score (nSPS) is 11.5. The number of carbonyl (C=O) groups excluding carboxylic acids is 1. The van der Waals surface area contributed by atoms with E-state index < -0.39 is 5.97 Å². The van der Waals surface area contributed by atoms with Gasteiger partial charge in [-0.15, -0.1) is 0 Å². The average molecular weight is 387 g/mol. The lowest BCUT2D eigenvalue weighted by Crippen LogP contribution is -2.00. The van der Waals surface area contributed by atoms with E-state index >= 15 is 0 Å². The minimum absolute atomic E-state index is 0.102. The average Bonchev–Trinajstić information content (AvgIpc) is 2.65. The van der Waals surface area contributed by atoms with Gasteiger partial charge in [-0.2, -0.15) is 0 Å². The number of unbranched alkanes of at least 4 members (excludes halogenated alkanes) is 2.